The van der Waals surface area contributed by atoms with Crippen molar-refractivity contribution in [3.8, 4) is 0 Å². The molecular weight excluding hydrogens is 254 g/mol. The molecule has 0 aliphatic rings. The zero-order valence-electron chi connectivity index (χ0n) is 9.93. The molecule has 0 amide bonds. The van der Waals surface area contributed by atoms with Gasteiger partial charge < -0.3 is 5.32 Å². The van der Waals surface area contributed by atoms with Crippen LogP contribution in [-0.4, -0.2) is 9.78 Å². The summed E-state index contributed by atoms with van der Waals surface area (Å²) in [7, 11) is 0. The van der Waals surface area contributed by atoms with Crippen molar-refractivity contribution in [3.63, 3.8) is 0 Å². The summed E-state index contributed by atoms with van der Waals surface area (Å²) in [4.78, 5) is 1.35. The Bertz CT molecular complexity index is 411. The maximum absolute atomic E-state index is 4.31. The number of aryl methyl sites for hydroxylation is 1. The normalized spacial score (nSPS) is 9.94. The molecule has 2 aromatic heterocycles. The topological polar surface area (TPSA) is 29.9 Å². The van der Waals surface area contributed by atoms with Crippen LogP contribution in [0, 0.1) is 0 Å². The Labute approximate surface area is 112 Å². The number of unbranched alkanes of at least 4 members (excludes halogenated alkanes) is 1. The van der Waals surface area contributed by atoms with Gasteiger partial charge in [0.15, 0.2) is 0 Å². The van der Waals surface area contributed by atoms with E-state index in [-0.39, 0.29) is 12.4 Å². The largest absolute Gasteiger partial charge is 0.365 e. The molecule has 0 radical (unpaired) electrons. The van der Waals surface area contributed by atoms with Crippen molar-refractivity contribution in [2.75, 3.05) is 5.32 Å². The zero-order valence-corrected chi connectivity index (χ0v) is 11.6. The lowest BCUT2D eigenvalue weighted by Gasteiger charge is -2.08. The highest BCUT2D eigenvalue weighted by molar-refractivity contribution is 7.09. The maximum Gasteiger partial charge on any atom is 0.124 e. The van der Waals surface area contributed by atoms with Crippen LogP contribution < -0.4 is 5.32 Å². The summed E-state index contributed by atoms with van der Waals surface area (Å²) in [5.74, 6) is 1.11. The Hall–Kier alpha value is -1.000. The first-order valence-electron chi connectivity index (χ1n) is 5.68. The summed E-state index contributed by atoms with van der Waals surface area (Å²) in [6.07, 6.45) is 4.23. The smallest absolute Gasteiger partial charge is 0.124 e. The SMILES string of the molecule is CCCCn1nccc1NCc1cccs1.Cl. The zero-order chi connectivity index (χ0) is 11.2. The molecule has 2 heterocycles. The molecule has 2 aromatic rings. The number of nitrogens with zero attached hydrogens (tertiary/aromatic N) is 2. The molecule has 0 aromatic carbocycles. The van der Waals surface area contributed by atoms with E-state index >= 15 is 0 Å². The van der Waals surface area contributed by atoms with Crippen molar-refractivity contribution in [1.29, 1.82) is 0 Å². The number of hydrogen-bond acceptors (Lipinski definition) is 3. The Morgan fingerprint density at radius 3 is 3.00 bits per heavy atom. The number of thiophene rings is 1. The Balaban J connectivity index is 0.00000144. The third-order valence-corrected chi connectivity index (χ3v) is 3.34. The van der Waals surface area contributed by atoms with Crippen LogP contribution in [0.5, 0.6) is 0 Å². The van der Waals surface area contributed by atoms with Gasteiger partial charge in [0.25, 0.3) is 0 Å². The van der Waals surface area contributed by atoms with Gasteiger partial charge in [0.2, 0.25) is 0 Å². The monoisotopic (exact) mass is 271 g/mol. The minimum Gasteiger partial charge on any atom is -0.365 e. The third-order valence-electron chi connectivity index (χ3n) is 2.46. The van der Waals surface area contributed by atoms with Crippen molar-refractivity contribution >= 4 is 29.6 Å². The molecule has 94 valence electrons. The second-order valence-corrected chi connectivity index (χ2v) is 4.76. The molecule has 0 atom stereocenters. The van der Waals surface area contributed by atoms with Gasteiger partial charge in [0.1, 0.15) is 5.82 Å². The van der Waals surface area contributed by atoms with Gasteiger partial charge >= 0.3 is 0 Å². The molecule has 0 aliphatic carbocycles. The third kappa shape index (κ3) is 4.06. The van der Waals surface area contributed by atoms with E-state index in [2.05, 4.69) is 34.9 Å². The van der Waals surface area contributed by atoms with Crippen LogP contribution in [0.2, 0.25) is 0 Å². The van der Waals surface area contributed by atoms with Gasteiger partial charge in [-0.1, -0.05) is 19.4 Å². The van der Waals surface area contributed by atoms with Crippen molar-refractivity contribution in [1.82, 2.24) is 9.78 Å². The molecule has 0 aliphatic heterocycles. The lowest BCUT2D eigenvalue weighted by atomic mass is 10.3. The van der Waals surface area contributed by atoms with Gasteiger partial charge in [-0.25, -0.2) is 4.68 Å². The molecule has 0 saturated heterocycles. The predicted molar refractivity (Wildman–Crippen MR) is 76.0 cm³/mol. The second-order valence-electron chi connectivity index (χ2n) is 3.73. The van der Waals surface area contributed by atoms with Gasteiger partial charge in [-0.3, -0.25) is 0 Å². The summed E-state index contributed by atoms with van der Waals surface area (Å²) < 4.78 is 2.04. The lowest BCUT2D eigenvalue weighted by molar-refractivity contribution is 0.576. The van der Waals surface area contributed by atoms with Crippen molar-refractivity contribution in [2.45, 2.75) is 32.9 Å². The summed E-state index contributed by atoms with van der Waals surface area (Å²) in [6.45, 7) is 4.08. The van der Waals surface area contributed by atoms with Gasteiger partial charge in [-0.2, -0.15) is 5.10 Å². The van der Waals surface area contributed by atoms with E-state index in [1.807, 2.05) is 16.9 Å². The standard InChI is InChI=1S/C12H17N3S.ClH/c1-2-3-8-15-12(6-7-14-15)13-10-11-5-4-9-16-11;/h4-7,9,13H,2-3,8,10H2,1H3;1H. The van der Waals surface area contributed by atoms with Crippen molar-refractivity contribution < 1.29 is 0 Å². The first-order chi connectivity index (χ1) is 7.90. The fraction of sp³-hybridized carbons (Fsp3) is 0.417. The molecule has 2 rings (SSSR count). The van der Waals surface area contributed by atoms with Gasteiger partial charge in [-0.05, 0) is 17.9 Å². The molecule has 0 spiro atoms. The summed E-state index contributed by atoms with van der Waals surface area (Å²) in [5.41, 5.74) is 0. The van der Waals surface area contributed by atoms with Gasteiger partial charge in [-0.15, -0.1) is 23.7 Å². The van der Waals surface area contributed by atoms with Crippen LogP contribution in [0.25, 0.3) is 0 Å². The molecule has 3 nitrogen and oxygen atoms in total. The summed E-state index contributed by atoms with van der Waals surface area (Å²) in [6, 6.07) is 6.25. The van der Waals surface area contributed by atoms with E-state index in [0.29, 0.717) is 0 Å². The minimum absolute atomic E-state index is 0. The number of halogens is 1. The fourth-order valence-electron chi connectivity index (χ4n) is 1.56. The van der Waals surface area contributed by atoms with Crippen molar-refractivity contribution in [2.24, 2.45) is 0 Å². The number of aromatic nitrogens is 2. The highest BCUT2D eigenvalue weighted by atomic mass is 35.5. The van der Waals surface area contributed by atoms with Crippen LogP contribution in [0.4, 0.5) is 5.82 Å². The molecule has 1 N–H and O–H groups in total. The Morgan fingerprint density at radius 2 is 2.29 bits per heavy atom. The Kier molecular flexibility index (Phi) is 6.08. The summed E-state index contributed by atoms with van der Waals surface area (Å²) in [5, 5.41) is 9.83. The number of anilines is 1. The predicted octanol–water partition coefficient (Wildman–Crippen LogP) is 3.78. The van der Waals surface area contributed by atoms with E-state index in [4.69, 9.17) is 0 Å². The lowest BCUT2D eigenvalue weighted by Crippen LogP contribution is -2.07. The number of hydrogen-bond donors (Lipinski definition) is 1. The second kappa shape index (κ2) is 7.35. The number of nitrogens with one attached hydrogen (secondary N) is 1. The van der Waals surface area contributed by atoms with Crippen LogP contribution in [0.1, 0.15) is 24.6 Å². The number of rotatable bonds is 6. The molecular formula is C12H18ClN3S. The van der Waals surface area contributed by atoms with Crippen LogP contribution >= 0.6 is 23.7 Å². The average molecular weight is 272 g/mol. The molecule has 0 saturated carbocycles. The average Bonchev–Trinajstić information content (AvgIpc) is 2.94. The molecule has 0 bridgehead atoms. The highest BCUT2D eigenvalue weighted by Crippen LogP contribution is 2.13. The van der Waals surface area contributed by atoms with Gasteiger partial charge in [0, 0.05) is 17.5 Å². The highest BCUT2D eigenvalue weighted by Gasteiger charge is 2.01. The molecule has 0 fully saturated rings. The van der Waals surface area contributed by atoms with E-state index in [0.717, 1.165) is 18.9 Å². The molecule has 17 heavy (non-hydrogen) atoms. The van der Waals surface area contributed by atoms with E-state index in [1.165, 1.54) is 17.7 Å². The van der Waals surface area contributed by atoms with Gasteiger partial charge in [0.05, 0.1) is 12.7 Å². The van der Waals surface area contributed by atoms with Crippen LogP contribution in [0.15, 0.2) is 29.8 Å². The quantitative estimate of drug-likeness (QED) is 0.867. The molecule has 0 unspecified atom stereocenters. The van der Waals surface area contributed by atoms with Crippen molar-refractivity contribution in [3.05, 3.63) is 34.7 Å². The van der Waals surface area contributed by atoms with Crippen LogP contribution in [-0.2, 0) is 13.1 Å². The maximum atomic E-state index is 4.31. The minimum atomic E-state index is 0. The molecule has 5 heteroatoms. The van der Waals surface area contributed by atoms with E-state index in [9.17, 15) is 0 Å². The van der Waals surface area contributed by atoms with E-state index < -0.39 is 0 Å². The first kappa shape index (κ1) is 14.1. The summed E-state index contributed by atoms with van der Waals surface area (Å²) >= 11 is 1.78. The van der Waals surface area contributed by atoms with Crippen LogP contribution in [0.3, 0.4) is 0 Å². The Morgan fingerprint density at radius 1 is 1.41 bits per heavy atom. The fourth-order valence-corrected chi connectivity index (χ4v) is 2.20. The first-order valence-corrected chi connectivity index (χ1v) is 6.56. The van der Waals surface area contributed by atoms with E-state index in [1.54, 1.807) is 11.3 Å².